The van der Waals surface area contributed by atoms with Crippen molar-refractivity contribution < 1.29 is 19.1 Å². The lowest BCUT2D eigenvalue weighted by Crippen LogP contribution is -2.43. The minimum absolute atomic E-state index is 0.115. The molecular formula is C31H29N3O4S. The second-order valence-corrected chi connectivity index (χ2v) is 9.77. The highest BCUT2D eigenvalue weighted by Gasteiger charge is 2.26. The van der Waals surface area contributed by atoms with Gasteiger partial charge in [-0.05, 0) is 34.9 Å². The van der Waals surface area contributed by atoms with Crippen molar-refractivity contribution in [3.8, 4) is 11.3 Å². The number of methoxy groups -OCH3 is 1. The number of hydrogen-bond donors (Lipinski definition) is 1. The van der Waals surface area contributed by atoms with Crippen LogP contribution in [0, 0.1) is 0 Å². The summed E-state index contributed by atoms with van der Waals surface area (Å²) in [6.07, 6.45) is 5.82. The molecule has 0 aliphatic carbocycles. The van der Waals surface area contributed by atoms with Crippen molar-refractivity contribution in [2.75, 3.05) is 7.11 Å². The van der Waals surface area contributed by atoms with E-state index in [4.69, 9.17) is 4.74 Å². The first-order chi connectivity index (χ1) is 19.0. The van der Waals surface area contributed by atoms with Crippen LogP contribution in [0.2, 0.25) is 0 Å². The van der Waals surface area contributed by atoms with Crippen LogP contribution in [0.4, 0.5) is 0 Å². The maximum Gasteiger partial charge on any atom is 0.328 e. The quantitative estimate of drug-likeness (QED) is 0.216. The lowest BCUT2D eigenvalue weighted by Gasteiger charge is -2.22. The third-order valence-corrected chi connectivity index (χ3v) is 7.28. The number of benzene rings is 3. The average Bonchev–Trinajstić information content (AvgIpc) is 2.99. The number of carbonyl (C=O) groups is 3. The van der Waals surface area contributed by atoms with Crippen LogP contribution in [0.1, 0.15) is 40.4 Å². The van der Waals surface area contributed by atoms with E-state index in [9.17, 15) is 14.4 Å². The zero-order chi connectivity index (χ0) is 27.6. The van der Waals surface area contributed by atoms with Crippen molar-refractivity contribution in [1.82, 2.24) is 15.3 Å². The summed E-state index contributed by atoms with van der Waals surface area (Å²) in [7, 11) is 1.30. The van der Waals surface area contributed by atoms with Crippen molar-refractivity contribution in [2.45, 2.75) is 37.1 Å². The predicted molar refractivity (Wildman–Crippen MR) is 151 cm³/mol. The number of esters is 1. The summed E-state index contributed by atoms with van der Waals surface area (Å²) >= 11 is 1.13. The van der Waals surface area contributed by atoms with Crippen molar-refractivity contribution in [3.05, 3.63) is 114 Å². The molecule has 7 nitrogen and oxygen atoms in total. The molecule has 4 aromatic rings. The van der Waals surface area contributed by atoms with Gasteiger partial charge in [-0.3, -0.25) is 19.6 Å². The van der Waals surface area contributed by atoms with Crippen LogP contribution in [0.5, 0.6) is 0 Å². The third-order valence-electron chi connectivity index (χ3n) is 6.19. The standard InChI is InChI=1S/C31H29N3O4S/c1-3-28(35)34-26(30(36)38-2)19-23-14-15-24(27-20-32-16-17-33-27)29(25(23)18-21-10-6-4-7-11-21)39-31(37)22-12-8-5-9-13-22/h4-17,20,26H,3,18-19H2,1-2H3,(H,34,35)/t26-/m0/s1. The Bertz CT molecular complexity index is 1430. The smallest absolute Gasteiger partial charge is 0.328 e. The van der Waals surface area contributed by atoms with Crippen LogP contribution in [0.3, 0.4) is 0 Å². The lowest BCUT2D eigenvalue weighted by molar-refractivity contribution is -0.145. The largest absolute Gasteiger partial charge is 0.467 e. The van der Waals surface area contributed by atoms with Gasteiger partial charge >= 0.3 is 5.97 Å². The Morgan fingerprint density at radius 3 is 2.31 bits per heavy atom. The third kappa shape index (κ3) is 7.18. The van der Waals surface area contributed by atoms with Gasteiger partial charge in [-0.2, -0.15) is 0 Å². The SMILES string of the molecule is CCC(=O)N[C@@H](Cc1ccc(-c2cnccn2)c(SC(=O)c2ccccc2)c1Cc1ccccc1)C(=O)OC. The second kappa shape index (κ2) is 13.5. The van der Waals surface area contributed by atoms with Gasteiger partial charge in [-0.15, -0.1) is 0 Å². The fourth-order valence-corrected chi connectivity index (χ4v) is 5.24. The molecule has 0 aliphatic rings. The summed E-state index contributed by atoms with van der Waals surface area (Å²) < 4.78 is 5.00. The number of ether oxygens (including phenoxy) is 1. The van der Waals surface area contributed by atoms with Gasteiger partial charge in [0, 0.05) is 41.3 Å². The number of carbonyl (C=O) groups excluding carboxylic acids is 3. The van der Waals surface area contributed by atoms with Crippen LogP contribution in [0.25, 0.3) is 11.3 Å². The molecule has 3 aromatic carbocycles. The fourth-order valence-electron chi connectivity index (χ4n) is 4.19. The van der Waals surface area contributed by atoms with E-state index in [0.29, 0.717) is 17.7 Å². The van der Waals surface area contributed by atoms with Gasteiger partial charge in [0.25, 0.3) is 0 Å². The average molecular weight is 540 g/mol. The molecule has 39 heavy (non-hydrogen) atoms. The Morgan fingerprint density at radius 1 is 0.949 bits per heavy atom. The molecule has 0 spiro atoms. The summed E-state index contributed by atoms with van der Waals surface area (Å²) in [5.74, 6) is -0.782. The van der Waals surface area contributed by atoms with Gasteiger partial charge in [0.05, 0.1) is 19.0 Å². The molecule has 1 N–H and O–H groups in total. The van der Waals surface area contributed by atoms with Crippen LogP contribution in [-0.2, 0) is 27.2 Å². The fraction of sp³-hybridized carbons (Fsp3) is 0.194. The van der Waals surface area contributed by atoms with E-state index < -0.39 is 12.0 Å². The second-order valence-electron chi connectivity index (χ2n) is 8.79. The van der Waals surface area contributed by atoms with Crippen molar-refractivity contribution >= 4 is 28.8 Å². The topological polar surface area (TPSA) is 98.3 Å². The first-order valence-corrected chi connectivity index (χ1v) is 13.4. The Morgan fingerprint density at radius 2 is 1.67 bits per heavy atom. The molecule has 0 fully saturated rings. The van der Waals surface area contributed by atoms with Gasteiger partial charge in [0.15, 0.2) is 0 Å². The van der Waals surface area contributed by atoms with Gasteiger partial charge in [0.1, 0.15) is 6.04 Å². The molecule has 0 aliphatic heterocycles. The minimum Gasteiger partial charge on any atom is -0.467 e. The zero-order valence-electron chi connectivity index (χ0n) is 21.8. The van der Waals surface area contributed by atoms with Crippen molar-refractivity contribution in [1.29, 1.82) is 0 Å². The van der Waals surface area contributed by atoms with Gasteiger partial charge in [-0.25, -0.2) is 4.79 Å². The molecule has 198 valence electrons. The number of rotatable bonds is 10. The molecule has 0 saturated heterocycles. The van der Waals surface area contributed by atoms with E-state index in [1.807, 2.05) is 60.7 Å². The van der Waals surface area contributed by atoms with E-state index in [1.54, 1.807) is 37.6 Å². The normalized spacial score (nSPS) is 11.4. The Kier molecular flexibility index (Phi) is 9.58. The van der Waals surface area contributed by atoms with E-state index in [-0.39, 0.29) is 23.9 Å². The number of amides is 1. The number of thioether (sulfide) groups is 1. The highest BCUT2D eigenvalue weighted by molar-refractivity contribution is 8.14. The molecule has 0 bridgehead atoms. The maximum absolute atomic E-state index is 13.5. The molecule has 1 heterocycles. The molecule has 1 atom stereocenters. The van der Waals surface area contributed by atoms with Crippen LogP contribution < -0.4 is 5.32 Å². The highest BCUT2D eigenvalue weighted by Crippen LogP contribution is 2.38. The Labute approximate surface area is 232 Å². The number of aromatic nitrogens is 2. The van der Waals surface area contributed by atoms with Crippen molar-refractivity contribution in [2.24, 2.45) is 0 Å². The first-order valence-electron chi connectivity index (χ1n) is 12.6. The summed E-state index contributed by atoms with van der Waals surface area (Å²) in [4.78, 5) is 47.8. The Balaban J connectivity index is 1.87. The predicted octanol–water partition coefficient (Wildman–Crippen LogP) is 5.28. The summed E-state index contributed by atoms with van der Waals surface area (Å²) in [5.41, 5.74) is 4.70. The molecular weight excluding hydrogens is 510 g/mol. The van der Waals surface area contributed by atoms with E-state index in [1.165, 1.54) is 7.11 Å². The minimum atomic E-state index is -0.873. The summed E-state index contributed by atoms with van der Waals surface area (Å²) in [5, 5.41) is 2.66. The Hall–Kier alpha value is -4.30. The maximum atomic E-state index is 13.5. The van der Waals surface area contributed by atoms with Gasteiger partial charge in [-0.1, -0.05) is 79.7 Å². The van der Waals surface area contributed by atoms with Crippen molar-refractivity contribution in [3.63, 3.8) is 0 Å². The number of nitrogens with one attached hydrogen (secondary N) is 1. The van der Waals surface area contributed by atoms with Crippen LogP contribution >= 0.6 is 11.8 Å². The molecule has 8 heteroatoms. The molecule has 0 unspecified atom stereocenters. The highest BCUT2D eigenvalue weighted by atomic mass is 32.2. The van der Waals surface area contributed by atoms with E-state index in [2.05, 4.69) is 15.3 Å². The molecule has 1 amide bonds. The molecule has 4 rings (SSSR count). The molecule has 0 saturated carbocycles. The van der Waals surface area contributed by atoms with Gasteiger partial charge < -0.3 is 10.1 Å². The number of hydrogen-bond acceptors (Lipinski definition) is 7. The molecule has 1 aromatic heterocycles. The van der Waals surface area contributed by atoms with Crippen LogP contribution in [-0.4, -0.2) is 40.1 Å². The monoisotopic (exact) mass is 539 g/mol. The van der Waals surface area contributed by atoms with E-state index in [0.717, 1.165) is 38.9 Å². The summed E-state index contributed by atoms with van der Waals surface area (Å²) in [6, 6.07) is 21.9. The molecule has 0 radical (unpaired) electrons. The lowest BCUT2D eigenvalue weighted by atomic mass is 9.92. The first kappa shape index (κ1) is 27.7. The number of nitrogens with zero attached hydrogens (tertiary/aromatic N) is 2. The summed E-state index contributed by atoms with van der Waals surface area (Å²) in [6.45, 7) is 1.73. The van der Waals surface area contributed by atoms with E-state index >= 15 is 0 Å². The zero-order valence-corrected chi connectivity index (χ0v) is 22.6. The van der Waals surface area contributed by atoms with Crippen LogP contribution in [0.15, 0.2) is 96.3 Å². The van der Waals surface area contributed by atoms with Gasteiger partial charge in [0.2, 0.25) is 11.0 Å².